The molecular weight excluding hydrogens is 254 g/mol. The fraction of sp³-hybridized carbons (Fsp3) is 0.200. The summed E-state index contributed by atoms with van der Waals surface area (Å²) in [4.78, 5) is 16.6. The van der Waals surface area contributed by atoms with Crippen molar-refractivity contribution in [1.29, 1.82) is 0 Å². The van der Waals surface area contributed by atoms with Crippen LogP contribution < -0.4 is 0 Å². The fourth-order valence-corrected chi connectivity index (χ4v) is 2.64. The molecule has 1 aromatic carbocycles. The lowest BCUT2D eigenvalue weighted by Gasteiger charge is -2.38. The van der Waals surface area contributed by atoms with E-state index >= 15 is 0 Å². The zero-order chi connectivity index (χ0) is 14.3. The summed E-state index contributed by atoms with van der Waals surface area (Å²) in [5, 5.41) is 14.1. The minimum absolute atomic E-state index is 0.285. The third-order valence-electron chi connectivity index (χ3n) is 3.46. The van der Waals surface area contributed by atoms with Crippen molar-refractivity contribution in [2.45, 2.75) is 5.72 Å². The number of carbonyl (C=O) groups excluding carboxylic acids is 1. The van der Waals surface area contributed by atoms with Gasteiger partial charge in [-0.15, -0.1) is 0 Å². The molecule has 0 aliphatic carbocycles. The quantitative estimate of drug-likeness (QED) is 0.890. The van der Waals surface area contributed by atoms with E-state index in [1.807, 2.05) is 18.2 Å². The second-order valence-corrected chi connectivity index (χ2v) is 4.90. The first kappa shape index (κ1) is 12.8. The van der Waals surface area contributed by atoms with Crippen LogP contribution >= 0.6 is 0 Å². The van der Waals surface area contributed by atoms with Gasteiger partial charge in [-0.1, -0.05) is 30.3 Å². The molecule has 102 valence electrons. The highest BCUT2D eigenvalue weighted by Gasteiger charge is 2.52. The van der Waals surface area contributed by atoms with Gasteiger partial charge >= 0.3 is 0 Å². The van der Waals surface area contributed by atoms with Crippen LogP contribution in [0.5, 0.6) is 0 Å². The molecule has 0 spiro atoms. The van der Waals surface area contributed by atoms with Gasteiger partial charge < -0.3 is 5.11 Å². The average molecular weight is 269 g/mol. The van der Waals surface area contributed by atoms with E-state index in [0.717, 1.165) is 0 Å². The van der Waals surface area contributed by atoms with Crippen molar-refractivity contribution in [3.05, 3.63) is 65.5 Å². The summed E-state index contributed by atoms with van der Waals surface area (Å²) >= 11 is 0. The Bertz CT molecular complexity index is 657. The normalized spacial score (nSPS) is 21.4. The van der Waals surface area contributed by atoms with E-state index in [4.69, 9.17) is 0 Å². The first-order chi connectivity index (χ1) is 9.56. The number of rotatable bonds is 2. The van der Waals surface area contributed by atoms with E-state index in [1.54, 1.807) is 49.6 Å². The maximum atomic E-state index is 12.5. The number of hydrazine groups is 1. The molecule has 1 N–H and O–H groups in total. The number of fused-ring (bicyclic) bond motifs is 1. The topological polar surface area (TPSA) is 56.7 Å². The molecule has 20 heavy (non-hydrogen) atoms. The predicted octanol–water partition coefficient (Wildman–Crippen LogP) is 1.21. The molecule has 3 rings (SSSR count). The lowest BCUT2D eigenvalue weighted by atomic mass is 9.96. The van der Waals surface area contributed by atoms with Crippen LogP contribution in [0.4, 0.5) is 0 Å². The number of aliphatic hydroxyl groups is 1. The Morgan fingerprint density at radius 2 is 1.85 bits per heavy atom. The smallest absolute Gasteiger partial charge is 0.290 e. The molecule has 0 radical (unpaired) electrons. The number of hydrogen-bond donors (Lipinski definition) is 1. The fourth-order valence-electron chi connectivity index (χ4n) is 2.64. The van der Waals surface area contributed by atoms with Crippen LogP contribution in [0.2, 0.25) is 0 Å². The van der Waals surface area contributed by atoms with Crippen LogP contribution in [-0.4, -0.2) is 40.1 Å². The zero-order valence-electron chi connectivity index (χ0n) is 11.3. The molecule has 0 saturated heterocycles. The monoisotopic (exact) mass is 269 g/mol. The van der Waals surface area contributed by atoms with Crippen molar-refractivity contribution in [3.63, 3.8) is 0 Å². The molecule has 1 aromatic heterocycles. The van der Waals surface area contributed by atoms with Gasteiger partial charge in [-0.25, -0.2) is 10.0 Å². The van der Waals surface area contributed by atoms with E-state index < -0.39 is 5.72 Å². The Kier molecular flexibility index (Phi) is 2.81. The molecule has 5 nitrogen and oxygen atoms in total. The summed E-state index contributed by atoms with van der Waals surface area (Å²) in [7, 11) is 3.44. The summed E-state index contributed by atoms with van der Waals surface area (Å²) in [6.07, 6.45) is 1.56. The van der Waals surface area contributed by atoms with Crippen LogP contribution in [0, 0.1) is 0 Å². The van der Waals surface area contributed by atoms with Gasteiger partial charge in [0.15, 0.2) is 0 Å². The highest BCUT2D eigenvalue weighted by molar-refractivity contribution is 5.98. The summed E-state index contributed by atoms with van der Waals surface area (Å²) in [6, 6.07) is 12.6. The number of nitrogens with zero attached hydrogens (tertiary/aromatic N) is 3. The SMILES string of the molecule is CN(C)N1C(=O)c2ncccc2C1(O)c1ccccc1. The van der Waals surface area contributed by atoms with Crippen LogP contribution in [-0.2, 0) is 5.72 Å². The Morgan fingerprint density at radius 3 is 2.50 bits per heavy atom. The van der Waals surface area contributed by atoms with Gasteiger partial charge in [0.05, 0.1) is 0 Å². The van der Waals surface area contributed by atoms with Gasteiger partial charge in [0.2, 0.25) is 5.72 Å². The maximum Gasteiger partial charge on any atom is 0.290 e. The molecule has 1 atom stereocenters. The van der Waals surface area contributed by atoms with Crippen molar-refractivity contribution in [1.82, 2.24) is 15.0 Å². The van der Waals surface area contributed by atoms with Crippen molar-refractivity contribution >= 4 is 5.91 Å². The minimum atomic E-state index is -1.52. The highest BCUT2D eigenvalue weighted by atomic mass is 16.3. The van der Waals surface area contributed by atoms with Gasteiger partial charge in [0, 0.05) is 31.4 Å². The number of pyridine rings is 1. The van der Waals surface area contributed by atoms with Crippen LogP contribution in [0.3, 0.4) is 0 Å². The molecule has 0 saturated carbocycles. The molecule has 1 aliphatic rings. The Labute approximate surface area is 117 Å². The number of carbonyl (C=O) groups is 1. The van der Waals surface area contributed by atoms with E-state index in [-0.39, 0.29) is 11.6 Å². The number of hydrogen-bond acceptors (Lipinski definition) is 4. The molecular formula is C15H15N3O2. The average Bonchev–Trinajstić information content (AvgIpc) is 2.70. The summed E-state index contributed by atoms with van der Waals surface area (Å²) in [5.41, 5.74) is -0.0999. The van der Waals surface area contributed by atoms with Crippen molar-refractivity contribution in [3.8, 4) is 0 Å². The molecule has 2 heterocycles. The van der Waals surface area contributed by atoms with E-state index in [1.165, 1.54) is 5.01 Å². The first-order valence-corrected chi connectivity index (χ1v) is 6.32. The minimum Gasteiger partial charge on any atom is -0.362 e. The zero-order valence-corrected chi connectivity index (χ0v) is 11.3. The second-order valence-electron chi connectivity index (χ2n) is 4.90. The third kappa shape index (κ3) is 1.57. The van der Waals surface area contributed by atoms with E-state index in [0.29, 0.717) is 11.1 Å². The molecule has 1 aliphatic heterocycles. The molecule has 0 fully saturated rings. The molecule has 2 aromatic rings. The van der Waals surface area contributed by atoms with Gasteiger partial charge in [-0.05, 0) is 12.1 Å². The van der Waals surface area contributed by atoms with Gasteiger partial charge in [-0.3, -0.25) is 9.78 Å². The lowest BCUT2D eigenvalue weighted by molar-refractivity contribution is -0.136. The third-order valence-corrected chi connectivity index (χ3v) is 3.46. The van der Waals surface area contributed by atoms with Gasteiger partial charge in [0.1, 0.15) is 5.69 Å². The lowest BCUT2D eigenvalue weighted by Crippen LogP contribution is -2.51. The molecule has 1 amide bonds. The van der Waals surface area contributed by atoms with Crippen molar-refractivity contribution in [2.24, 2.45) is 0 Å². The molecule has 1 unspecified atom stereocenters. The second kappa shape index (κ2) is 4.40. The van der Waals surface area contributed by atoms with Gasteiger partial charge in [-0.2, -0.15) is 0 Å². The van der Waals surface area contributed by atoms with Gasteiger partial charge in [0.25, 0.3) is 5.91 Å². The number of amides is 1. The summed E-state index contributed by atoms with van der Waals surface area (Å²) < 4.78 is 0. The number of aromatic nitrogens is 1. The van der Waals surface area contributed by atoms with E-state index in [9.17, 15) is 9.90 Å². The Morgan fingerprint density at radius 1 is 1.15 bits per heavy atom. The summed E-state index contributed by atoms with van der Waals surface area (Å²) in [6.45, 7) is 0. The van der Waals surface area contributed by atoms with Crippen LogP contribution in [0.25, 0.3) is 0 Å². The van der Waals surface area contributed by atoms with E-state index in [2.05, 4.69) is 4.98 Å². The first-order valence-electron chi connectivity index (χ1n) is 6.32. The molecule has 5 heteroatoms. The molecule has 0 bridgehead atoms. The van der Waals surface area contributed by atoms with Crippen molar-refractivity contribution in [2.75, 3.05) is 14.1 Å². The standard InChI is InChI=1S/C15H15N3O2/c1-17(2)18-14(19)13-12(9-6-10-16-13)15(18,20)11-7-4-3-5-8-11/h3-10,20H,1-2H3. The maximum absolute atomic E-state index is 12.5. The largest absolute Gasteiger partial charge is 0.362 e. The predicted molar refractivity (Wildman–Crippen MR) is 73.5 cm³/mol. The number of benzene rings is 1. The van der Waals surface area contributed by atoms with Crippen LogP contribution in [0.1, 0.15) is 21.6 Å². The highest BCUT2D eigenvalue weighted by Crippen LogP contribution is 2.41. The Balaban J connectivity index is 2.28. The van der Waals surface area contributed by atoms with Crippen molar-refractivity contribution < 1.29 is 9.90 Å². The Hall–Kier alpha value is -2.24. The van der Waals surface area contributed by atoms with Crippen LogP contribution in [0.15, 0.2) is 48.7 Å². The summed E-state index contributed by atoms with van der Waals surface area (Å²) in [5.74, 6) is -0.308.